The maximum absolute atomic E-state index is 13.1. The lowest BCUT2D eigenvalue weighted by atomic mass is 9.95. The van der Waals surface area contributed by atoms with Crippen LogP contribution in [0.15, 0.2) is 60.1 Å². The molecule has 3 aromatic rings. The van der Waals surface area contributed by atoms with Crippen LogP contribution >= 0.6 is 11.3 Å². The van der Waals surface area contributed by atoms with Crippen molar-refractivity contribution in [3.8, 4) is 0 Å². The van der Waals surface area contributed by atoms with E-state index in [4.69, 9.17) is 0 Å². The lowest BCUT2D eigenvalue weighted by Crippen LogP contribution is -2.64. The summed E-state index contributed by atoms with van der Waals surface area (Å²) in [6.45, 7) is 6.51. The average Bonchev–Trinajstić information content (AvgIpc) is 3.43. The fourth-order valence-corrected chi connectivity index (χ4v) is 5.94. The smallest absolute Gasteiger partial charge is 0.282 e. The molecule has 2 fully saturated rings. The summed E-state index contributed by atoms with van der Waals surface area (Å²) in [5.41, 5.74) is 4.65. The van der Waals surface area contributed by atoms with Crippen molar-refractivity contribution in [2.75, 3.05) is 50.7 Å². The number of amides is 2. The van der Waals surface area contributed by atoms with Gasteiger partial charge in [0.15, 0.2) is 5.01 Å². The van der Waals surface area contributed by atoms with E-state index in [0.29, 0.717) is 24.1 Å². The molecule has 0 bridgehead atoms. The van der Waals surface area contributed by atoms with Gasteiger partial charge in [0, 0.05) is 81.2 Å². The Morgan fingerprint density at radius 1 is 0.857 bits per heavy atom. The van der Waals surface area contributed by atoms with Crippen LogP contribution < -0.4 is 4.90 Å². The summed E-state index contributed by atoms with van der Waals surface area (Å²) in [5, 5.41) is 2.41. The molecule has 3 aliphatic rings. The van der Waals surface area contributed by atoms with Crippen LogP contribution in [0.3, 0.4) is 0 Å². The molecular formula is C27H29N5O2S. The van der Waals surface area contributed by atoms with Crippen LogP contribution in [0.5, 0.6) is 0 Å². The summed E-state index contributed by atoms with van der Waals surface area (Å²) in [4.78, 5) is 38.5. The Morgan fingerprint density at radius 3 is 2.40 bits per heavy atom. The van der Waals surface area contributed by atoms with E-state index in [-0.39, 0.29) is 11.8 Å². The molecule has 0 atom stereocenters. The molecule has 0 N–H and O–H groups in total. The number of aromatic nitrogens is 1. The summed E-state index contributed by atoms with van der Waals surface area (Å²) < 4.78 is 0. The SMILES string of the molecule is O=C(c1ccc2c(c1)CCN(c1ccccc1)C2)N1CC(N2CCN(C(=O)c3nccs3)CC2)C1. The molecule has 0 saturated carbocycles. The van der Waals surface area contributed by atoms with E-state index in [1.54, 1.807) is 6.20 Å². The summed E-state index contributed by atoms with van der Waals surface area (Å²) in [6.07, 6.45) is 2.63. The molecule has 0 aliphatic carbocycles. The summed E-state index contributed by atoms with van der Waals surface area (Å²) in [7, 11) is 0. The van der Waals surface area contributed by atoms with Crippen molar-refractivity contribution < 1.29 is 9.59 Å². The zero-order valence-corrected chi connectivity index (χ0v) is 20.5. The van der Waals surface area contributed by atoms with Crippen molar-refractivity contribution in [1.82, 2.24) is 19.7 Å². The Kier molecular flexibility index (Phi) is 6.00. The third-order valence-corrected chi connectivity index (χ3v) is 8.23. The van der Waals surface area contributed by atoms with Crippen molar-refractivity contribution >= 4 is 28.8 Å². The number of anilines is 1. The topological polar surface area (TPSA) is 60.0 Å². The van der Waals surface area contributed by atoms with Crippen molar-refractivity contribution in [3.05, 3.63) is 81.8 Å². The van der Waals surface area contributed by atoms with Crippen molar-refractivity contribution in [2.45, 2.75) is 19.0 Å². The minimum Gasteiger partial charge on any atom is -0.367 e. The van der Waals surface area contributed by atoms with Gasteiger partial charge in [-0.25, -0.2) is 4.98 Å². The van der Waals surface area contributed by atoms with Crippen molar-refractivity contribution in [3.63, 3.8) is 0 Å². The number of carbonyl (C=O) groups excluding carboxylic acids is 2. The molecule has 35 heavy (non-hydrogen) atoms. The first-order valence-corrected chi connectivity index (χ1v) is 13.2. The van der Waals surface area contributed by atoms with Crippen LogP contribution in [0.4, 0.5) is 5.69 Å². The van der Waals surface area contributed by atoms with Gasteiger partial charge in [-0.2, -0.15) is 0 Å². The fraction of sp³-hybridized carbons (Fsp3) is 0.370. The molecule has 8 heteroatoms. The standard InChI is InChI=1S/C27H29N5O2S/c33-26(21-6-7-22-17-31(10-8-20(22)16-21)23-4-2-1-3-5-23)32-18-24(19-32)29-11-13-30(14-12-29)27(34)25-28-9-15-35-25/h1-7,9,15-16,24H,8,10-14,17-19H2. The van der Waals surface area contributed by atoms with Gasteiger partial charge in [0.05, 0.1) is 0 Å². The fourth-order valence-electron chi connectivity index (χ4n) is 5.33. The van der Waals surface area contributed by atoms with Crippen molar-refractivity contribution in [1.29, 1.82) is 0 Å². The normalized spacial score (nSPS) is 18.8. The second-order valence-corrected chi connectivity index (χ2v) is 10.4. The predicted molar refractivity (Wildman–Crippen MR) is 137 cm³/mol. The highest BCUT2D eigenvalue weighted by molar-refractivity contribution is 7.11. The van der Waals surface area contributed by atoms with Crippen molar-refractivity contribution in [2.24, 2.45) is 0 Å². The third-order valence-electron chi connectivity index (χ3n) is 7.47. The number of thiazole rings is 1. The molecular weight excluding hydrogens is 458 g/mol. The van der Waals surface area contributed by atoms with Gasteiger partial charge in [0.1, 0.15) is 0 Å². The van der Waals surface area contributed by atoms with Crippen LogP contribution in [0, 0.1) is 0 Å². The van der Waals surface area contributed by atoms with Gasteiger partial charge >= 0.3 is 0 Å². The quantitative estimate of drug-likeness (QED) is 0.566. The first kappa shape index (κ1) is 22.2. The van der Waals surface area contributed by atoms with E-state index in [0.717, 1.165) is 51.3 Å². The van der Waals surface area contributed by atoms with Gasteiger partial charge in [0.2, 0.25) is 0 Å². The monoisotopic (exact) mass is 487 g/mol. The van der Waals surface area contributed by atoms with E-state index < -0.39 is 0 Å². The van der Waals surface area contributed by atoms with Crippen LogP contribution in [-0.2, 0) is 13.0 Å². The predicted octanol–water partition coefficient (Wildman–Crippen LogP) is 2.99. The van der Waals surface area contributed by atoms with E-state index in [2.05, 4.69) is 51.2 Å². The number of fused-ring (bicyclic) bond motifs is 1. The van der Waals surface area contributed by atoms with Gasteiger partial charge < -0.3 is 14.7 Å². The minimum atomic E-state index is 0.0318. The van der Waals surface area contributed by atoms with Gasteiger partial charge in [0.25, 0.3) is 11.8 Å². The largest absolute Gasteiger partial charge is 0.367 e. The molecule has 2 saturated heterocycles. The lowest BCUT2D eigenvalue weighted by molar-refractivity contribution is 0.00852. The third kappa shape index (κ3) is 4.44. The van der Waals surface area contributed by atoms with Gasteiger partial charge in [-0.1, -0.05) is 24.3 Å². The number of carbonyl (C=O) groups is 2. The molecule has 0 unspecified atom stereocenters. The Labute approximate surface area is 209 Å². The molecule has 4 heterocycles. The molecule has 0 radical (unpaired) electrons. The molecule has 0 spiro atoms. The average molecular weight is 488 g/mol. The van der Waals surface area contributed by atoms with E-state index in [1.165, 1.54) is 28.2 Å². The minimum absolute atomic E-state index is 0.0318. The molecule has 3 aliphatic heterocycles. The maximum atomic E-state index is 13.1. The molecule has 7 nitrogen and oxygen atoms in total. The highest BCUT2D eigenvalue weighted by Gasteiger charge is 2.37. The summed E-state index contributed by atoms with van der Waals surface area (Å²) in [6, 6.07) is 17.1. The van der Waals surface area contributed by atoms with E-state index in [9.17, 15) is 9.59 Å². The van der Waals surface area contributed by atoms with Crippen LogP contribution in [0.2, 0.25) is 0 Å². The molecule has 180 valence electrons. The maximum Gasteiger partial charge on any atom is 0.282 e. The highest BCUT2D eigenvalue weighted by atomic mass is 32.1. The number of piperazine rings is 1. The van der Waals surface area contributed by atoms with Crippen LogP contribution in [-0.4, -0.2) is 83.4 Å². The number of para-hydroxylation sites is 1. The second kappa shape index (κ2) is 9.43. The molecule has 2 amide bonds. The Morgan fingerprint density at radius 2 is 1.66 bits per heavy atom. The Bertz CT molecular complexity index is 1200. The number of likely N-dealkylation sites (tertiary alicyclic amines) is 1. The van der Waals surface area contributed by atoms with Gasteiger partial charge in [-0.15, -0.1) is 11.3 Å². The van der Waals surface area contributed by atoms with Crippen LogP contribution in [0.25, 0.3) is 0 Å². The number of rotatable bonds is 4. The second-order valence-electron chi connectivity index (χ2n) is 9.52. The van der Waals surface area contributed by atoms with Gasteiger partial charge in [-0.3, -0.25) is 14.5 Å². The summed E-state index contributed by atoms with van der Waals surface area (Å²) >= 11 is 1.39. The first-order valence-electron chi connectivity index (χ1n) is 12.3. The van der Waals surface area contributed by atoms with E-state index in [1.807, 2.05) is 27.3 Å². The summed E-state index contributed by atoms with van der Waals surface area (Å²) in [5.74, 6) is 0.163. The number of benzene rings is 2. The first-order chi connectivity index (χ1) is 17.2. The molecule has 1 aromatic heterocycles. The Balaban J connectivity index is 1.01. The number of hydrogen-bond acceptors (Lipinski definition) is 6. The van der Waals surface area contributed by atoms with Gasteiger partial charge in [-0.05, 0) is 41.8 Å². The molecule has 6 rings (SSSR count). The highest BCUT2D eigenvalue weighted by Crippen LogP contribution is 2.27. The number of nitrogens with zero attached hydrogens (tertiary/aromatic N) is 5. The lowest BCUT2D eigenvalue weighted by Gasteiger charge is -2.48. The van der Waals surface area contributed by atoms with E-state index >= 15 is 0 Å². The molecule has 2 aromatic carbocycles. The zero-order valence-electron chi connectivity index (χ0n) is 19.7. The Hall–Kier alpha value is -3.23. The van der Waals surface area contributed by atoms with Crippen LogP contribution in [0.1, 0.15) is 31.3 Å². The zero-order chi connectivity index (χ0) is 23.8. The number of hydrogen-bond donors (Lipinski definition) is 0.